The van der Waals surface area contributed by atoms with Crippen LogP contribution in [0.25, 0.3) is 115 Å². The standard InChI is InChI=1S/C51H30N4OS/c1-2-13-31(14-3-1)49-52-50(54-51(53-49)33-25-27-38-37-18-7-11-24-46(37)57-47(38)30-33)32-26-28-44-40(29-32)48-39(19-12-23-45(48)56-44)36-17-6-10-22-43(36)55-41-20-8-4-15-34(41)35-16-5-9-21-42(35)55/h1-30H. The van der Waals surface area contributed by atoms with Crippen LogP contribution in [0, 0.1) is 0 Å². The van der Waals surface area contributed by atoms with Crippen LogP contribution in [0.4, 0.5) is 0 Å². The highest BCUT2D eigenvalue weighted by atomic mass is 32.1. The Balaban J connectivity index is 1.05. The van der Waals surface area contributed by atoms with Gasteiger partial charge in [0.25, 0.3) is 0 Å². The van der Waals surface area contributed by atoms with Gasteiger partial charge in [0.05, 0.1) is 16.7 Å². The second kappa shape index (κ2) is 12.6. The molecule has 0 radical (unpaired) electrons. The van der Waals surface area contributed by atoms with Crippen LogP contribution < -0.4 is 0 Å². The van der Waals surface area contributed by atoms with E-state index in [0.29, 0.717) is 17.5 Å². The Hall–Kier alpha value is -7.41. The van der Waals surface area contributed by atoms with Gasteiger partial charge in [0.2, 0.25) is 0 Å². The summed E-state index contributed by atoms with van der Waals surface area (Å²) < 4.78 is 11.4. The third kappa shape index (κ3) is 5.04. The van der Waals surface area contributed by atoms with Crippen molar-refractivity contribution in [3.63, 3.8) is 0 Å². The van der Waals surface area contributed by atoms with Gasteiger partial charge in [-0.25, -0.2) is 15.0 Å². The molecule has 57 heavy (non-hydrogen) atoms. The van der Waals surface area contributed by atoms with Crippen molar-refractivity contribution in [3.05, 3.63) is 182 Å². The number of thiophene rings is 1. The molecule has 0 atom stereocenters. The van der Waals surface area contributed by atoms with Crippen LogP contribution in [0.2, 0.25) is 0 Å². The Morgan fingerprint density at radius 1 is 0.386 bits per heavy atom. The van der Waals surface area contributed by atoms with E-state index in [1.54, 1.807) is 11.3 Å². The van der Waals surface area contributed by atoms with Crippen LogP contribution in [0.15, 0.2) is 186 Å². The highest BCUT2D eigenvalue weighted by Crippen LogP contribution is 2.42. The molecule has 0 aliphatic rings. The number of aromatic nitrogens is 4. The zero-order valence-electron chi connectivity index (χ0n) is 30.4. The zero-order valence-corrected chi connectivity index (χ0v) is 31.2. The topological polar surface area (TPSA) is 56.7 Å². The number of hydrogen-bond acceptors (Lipinski definition) is 5. The average Bonchev–Trinajstić information content (AvgIpc) is 3.95. The number of rotatable bonds is 5. The fourth-order valence-electron chi connectivity index (χ4n) is 8.48. The van der Waals surface area contributed by atoms with E-state index < -0.39 is 0 Å². The molecule has 0 fully saturated rings. The minimum absolute atomic E-state index is 0.606. The summed E-state index contributed by atoms with van der Waals surface area (Å²) in [6.07, 6.45) is 0. The summed E-state index contributed by atoms with van der Waals surface area (Å²) in [6.45, 7) is 0. The average molecular weight is 747 g/mol. The molecule has 12 aromatic rings. The molecule has 4 aromatic heterocycles. The maximum Gasteiger partial charge on any atom is 0.164 e. The smallest absolute Gasteiger partial charge is 0.164 e. The number of fused-ring (bicyclic) bond motifs is 9. The Bertz CT molecular complexity index is 3490. The molecule has 0 N–H and O–H groups in total. The van der Waals surface area contributed by atoms with E-state index in [1.807, 2.05) is 36.4 Å². The van der Waals surface area contributed by atoms with Crippen molar-refractivity contribution in [2.75, 3.05) is 0 Å². The molecule has 0 spiro atoms. The molecule has 6 heteroatoms. The zero-order chi connectivity index (χ0) is 37.5. The molecule has 0 unspecified atom stereocenters. The van der Waals surface area contributed by atoms with Gasteiger partial charge in [0.15, 0.2) is 17.5 Å². The second-order valence-electron chi connectivity index (χ2n) is 14.4. The maximum absolute atomic E-state index is 6.57. The number of furan rings is 1. The quantitative estimate of drug-likeness (QED) is 0.176. The summed E-state index contributed by atoms with van der Waals surface area (Å²) in [6, 6.07) is 63.8. The summed E-state index contributed by atoms with van der Waals surface area (Å²) in [5.74, 6) is 1.87. The maximum atomic E-state index is 6.57. The van der Waals surface area contributed by atoms with Crippen molar-refractivity contribution in [1.82, 2.24) is 19.5 Å². The third-order valence-electron chi connectivity index (χ3n) is 11.1. The first kappa shape index (κ1) is 31.9. The van der Waals surface area contributed by atoms with Gasteiger partial charge < -0.3 is 8.98 Å². The van der Waals surface area contributed by atoms with Crippen molar-refractivity contribution < 1.29 is 4.42 Å². The molecule has 5 nitrogen and oxygen atoms in total. The highest BCUT2D eigenvalue weighted by Gasteiger charge is 2.20. The summed E-state index contributed by atoms with van der Waals surface area (Å²) in [7, 11) is 0. The normalized spacial score (nSPS) is 11.9. The van der Waals surface area contributed by atoms with Gasteiger partial charge in [-0.2, -0.15) is 0 Å². The molecule has 4 heterocycles. The summed E-state index contributed by atoms with van der Waals surface area (Å²) in [5.41, 5.74) is 10.1. The first-order valence-electron chi connectivity index (χ1n) is 19.0. The van der Waals surface area contributed by atoms with Crippen LogP contribution in [-0.2, 0) is 0 Å². The molecule has 0 aliphatic heterocycles. The largest absolute Gasteiger partial charge is 0.456 e. The number of nitrogens with zero attached hydrogens (tertiary/aromatic N) is 4. The lowest BCUT2D eigenvalue weighted by molar-refractivity contribution is 0.669. The van der Waals surface area contributed by atoms with E-state index in [-0.39, 0.29) is 0 Å². The minimum Gasteiger partial charge on any atom is -0.456 e. The lowest BCUT2D eigenvalue weighted by atomic mass is 9.97. The first-order chi connectivity index (χ1) is 28.2. The van der Waals surface area contributed by atoms with Gasteiger partial charge in [-0.1, -0.05) is 127 Å². The van der Waals surface area contributed by atoms with Crippen molar-refractivity contribution >= 4 is 75.3 Å². The summed E-state index contributed by atoms with van der Waals surface area (Å²) in [4.78, 5) is 15.3. The molecular weight excluding hydrogens is 717 g/mol. The van der Waals surface area contributed by atoms with E-state index in [1.165, 1.54) is 42.0 Å². The Kier molecular flexibility index (Phi) is 7.03. The van der Waals surface area contributed by atoms with Crippen molar-refractivity contribution in [2.45, 2.75) is 0 Å². The number of benzene rings is 8. The van der Waals surface area contributed by atoms with Gasteiger partial charge in [-0.05, 0) is 60.2 Å². The lowest BCUT2D eigenvalue weighted by Gasteiger charge is -2.15. The minimum atomic E-state index is 0.606. The molecule has 12 rings (SSSR count). The summed E-state index contributed by atoms with van der Waals surface area (Å²) in [5, 5.41) is 7.03. The van der Waals surface area contributed by atoms with Crippen molar-refractivity contribution in [1.29, 1.82) is 0 Å². The fourth-order valence-corrected chi connectivity index (χ4v) is 9.63. The Labute approximate surface area is 330 Å². The van der Waals surface area contributed by atoms with Crippen LogP contribution in [0.1, 0.15) is 0 Å². The summed E-state index contributed by atoms with van der Waals surface area (Å²) >= 11 is 1.79. The molecule has 8 aromatic carbocycles. The van der Waals surface area contributed by atoms with Gasteiger partial charge in [0, 0.05) is 64.0 Å². The first-order valence-corrected chi connectivity index (χ1v) is 19.8. The second-order valence-corrected chi connectivity index (χ2v) is 15.4. The van der Waals surface area contributed by atoms with E-state index in [9.17, 15) is 0 Å². The number of para-hydroxylation sites is 3. The third-order valence-corrected chi connectivity index (χ3v) is 12.2. The van der Waals surface area contributed by atoms with Crippen molar-refractivity contribution in [3.8, 4) is 51.0 Å². The van der Waals surface area contributed by atoms with E-state index in [2.05, 4.69) is 150 Å². The van der Waals surface area contributed by atoms with Gasteiger partial charge >= 0.3 is 0 Å². The molecule has 0 saturated carbocycles. The predicted molar refractivity (Wildman–Crippen MR) is 236 cm³/mol. The van der Waals surface area contributed by atoms with Crippen LogP contribution in [0.3, 0.4) is 0 Å². The molecule has 266 valence electrons. The lowest BCUT2D eigenvalue weighted by Crippen LogP contribution is -2.00. The molecule has 0 amide bonds. The van der Waals surface area contributed by atoms with E-state index in [0.717, 1.165) is 55.4 Å². The fraction of sp³-hybridized carbons (Fsp3) is 0. The van der Waals surface area contributed by atoms with Gasteiger partial charge in [-0.3, -0.25) is 0 Å². The Morgan fingerprint density at radius 2 is 0.982 bits per heavy atom. The SMILES string of the molecule is c1ccc(-c2nc(-c3ccc4c(c3)sc3ccccc34)nc(-c3ccc4oc5cccc(-c6ccccc6-n6c7ccccc7c7ccccc76)c5c4c3)n2)cc1. The number of hydrogen-bond donors (Lipinski definition) is 0. The van der Waals surface area contributed by atoms with Gasteiger partial charge in [0.1, 0.15) is 11.2 Å². The predicted octanol–water partition coefficient (Wildman–Crippen LogP) is 13.9. The van der Waals surface area contributed by atoms with Crippen LogP contribution in [0.5, 0.6) is 0 Å². The van der Waals surface area contributed by atoms with E-state index >= 15 is 0 Å². The van der Waals surface area contributed by atoms with Crippen LogP contribution >= 0.6 is 11.3 Å². The van der Waals surface area contributed by atoms with E-state index in [4.69, 9.17) is 19.4 Å². The van der Waals surface area contributed by atoms with Crippen LogP contribution in [-0.4, -0.2) is 19.5 Å². The molecule has 0 bridgehead atoms. The molecule has 0 saturated heterocycles. The van der Waals surface area contributed by atoms with Crippen molar-refractivity contribution in [2.24, 2.45) is 0 Å². The molecule has 0 aliphatic carbocycles. The van der Waals surface area contributed by atoms with Gasteiger partial charge in [-0.15, -0.1) is 11.3 Å². The highest BCUT2D eigenvalue weighted by molar-refractivity contribution is 7.25. The molecular formula is C51H30N4OS. The Morgan fingerprint density at radius 3 is 1.77 bits per heavy atom. The monoisotopic (exact) mass is 746 g/mol.